The van der Waals surface area contributed by atoms with Crippen molar-refractivity contribution in [2.24, 2.45) is 0 Å². The predicted molar refractivity (Wildman–Crippen MR) is 63.9 cm³/mol. The Bertz CT molecular complexity index is 620. The van der Waals surface area contributed by atoms with E-state index in [1.165, 1.54) is 18.2 Å². The van der Waals surface area contributed by atoms with Gasteiger partial charge in [0.25, 0.3) is 0 Å². The third-order valence-electron chi connectivity index (χ3n) is 2.57. The van der Waals surface area contributed by atoms with Crippen molar-refractivity contribution < 1.29 is 18.0 Å². The van der Waals surface area contributed by atoms with Crippen LogP contribution in [0.15, 0.2) is 42.5 Å². The maximum atomic E-state index is 12.6. The number of alkyl halides is 3. The zero-order valence-electron chi connectivity index (χ0n) is 10.0. The first kappa shape index (κ1) is 13.3. The molecule has 98 valence electrons. The van der Waals surface area contributed by atoms with Crippen molar-refractivity contribution >= 4 is 5.78 Å². The highest BCUT2D eigenvalue weighted by molar-refractivity contribution is 6.07. The van der Waals surface area contributed by atoms with E-state index >= 15 is 0 Å². The van der Waals surface area contributed by atoms with E-state index < -0.39 is 17.5 Å². The molecule has 0 N–H and O–H groups in total. The van der Waals surface area contributed by atoms with Crippen LogP contribution in [0.25, 0.3) is 0 Å². The maximum Gasteiger partial charge on any atom is 0.416 e. The molecule has 0 saturated heterocycles. The van der Waals surface area contributed by atoms with Crippen molar-refractivity contribution in [3.63, 3.8) is 0 Å². The van der Waals surface area contributed by atoms with Gasteiger partial charge >= 0.3 is 6.18 Å². The molecule has 0 atom stereocenters. The van der Waals surface area contributed by atoms with Gasteiger partial charge < -0.3 is 0 Å². The van der Waals surface area contributed by atoms with E-state index in [1.54, 1.807) is 19.1 Å². The second-order valence-corrected chi connectivity index (χ2v) is 4.07. The summed E-state index contributed by atoms with van der Waals surface area (Å²) in [6, 6.07) is 9.17. The number of carbonyl (C=O) groups excluding carboxylic acids is 1. The molecule has 0 spiro atoms. The second-order valence-electron chi connectivity index (χ2n) is 4.07. The topological polar surface area (TPSA) is 30.0 Å². The summed E-state index contributed by atoms with van der Waals surface area (Å²) in [6.45, 7) is 1.71. The molecule has 0 aliphatic carbocycles. The van der Waals surface area contributed by atoms with Crippen LogP contribution in [0.4, 0.5) is 13.2 Å². The number of ketones is 1. The quantitative estimate of drug-likeness (QED) is 0.776. The molecular formula is C14H10F3NO. The maximum absolute atomic E-state index is 12.6. The molecule has 0 fully saturated rings. The first-order valence-electron chi connectivity index (χ1n) is 5.53. The summed E-state index contributed by atoms with van der Waals surface area (Å²) < 4.78 is 37.7. The molecule has 0 unspecified atom stereocenters. The molecule has 0 saturated carbocycles. The van der Waals surface area contributed by atoms with E-state index in [0.29, 0.717) is 5.69 Å². The SMILES string of the molecule is Cc1cccc(C(=O)c2cccc(C(F)(F)F)c2)n1. The third kappa shape index (κ3) is 2.99. The van der Waals surface area contributed by atoms with Crippen molar-refractivity contribution in [1.29, 1.82) is 0 Å². The minimum atomic E-state index is -4.46. The Morgan fingerprint density at radius 2 is 1.79 bits per heavy atom. The van der Waals surface area contributed by atoms with E-state index in [0.717, 1.165) is 12.1 Å². The normalized spacial score (nSPS) is 11.4. The van der Waals surface area contributed by atoms with Gasteiger partial charge in [-0.15, -0.1) is 0 Å². The molecule has 0 aliphatic heterocycles. The number of hydrogen-bond acceptors (Lipinski definition) is 2. The third-order valence-corrected chi connectivity index (χ3v) is 2.57. The van der Waals surface area contributed by atoms with Crippen molar-refractivity contribution in [2.75, 3.05) is 0 Å². The summed E-state index contributed by atoms with van der Waals surface area (Å²) >= 11 is 0. The summed E-state index contributed by atoms with van der Waals surface area (Å²) in [5.74, 6) is -0.519. The van der Waals surface area contributed by atoms with Gasteiger partial charge in [0.1, 0.15) is 5.69 Å². The number of pyridine rings is 1. The molecule has 0 bridgehead atoms. The Hall–Kier alpha value is -2.17. The first-order chi connectivity index (χ1) is 8.88. The van der Waals surface area contributed by atoms with Gasteiger partial charge in [-0.25, -0.2) is 4.98 Å². The smallest absolute Gasteiger partial charge is 0.287 e. The fraction of sp³-hybridized carbons (Fsp3) is 0.143. The van der Waals surface area contributed by atoms with Crippen LogP contribution in [-0.4, -0.2) is 10.8 Å². The van der Waals surface area contributed by atoms with Gasteiger partial charge in [0.2, 0.25) is 5.78 Å². The van der Waals surface area contributed by atoms with Gasteiger partial charge in [-0.3, -0.25) is 4.79 Å². The molecule has 19 heavy (non-hydrogen) atoms. The average molecular weight is 265 g/mol. The fourth-order valence-electron chi connectivity index (χ4n) is 1.65. The van der Waals surface area contributed by atoms with Crippen LogP contribution >= 0.6 is 0 Å². The molecule has 2 nitrogen and oxygen atoms in total. The van der Waals surface area contributed by atoms with Crippen LogP contribution in [0.2, 0.25) is 0 Å². The Morgan fingerprint density at radius 3 is 2.42 bits per heavy atom. The van der Waals surface area contributed by atoms with E-state index in [2.05, 4.69) is 4.98 Å². The molecule has 2 rings (SSSR count). The van der Waals surface area contributed by atoms with Crippen LogP contribution in [0.3, 0.4) is 0 Å². The number of hydrogen-bond donors (Lipinski definition) is 0. The number of carbonyl (C=O) groups is 1. The molecule has 1 heterocycles. The summed E-state index contributed by atoms with van der Waals surface area (Å²) in [5.41, 5.74) is -0.0870. The standard InChI is InChI=1S/C14H10F3NO/c1-9-4-2-7-12(18-9)13(19)10-5-3-6-11(8-10)14(15,16)17/h2-8H,1H3. The molecule has 0 amide bonds. The Kier molecular flexibility index (Phi) is 3.38. The lowest BCUT2D eigenvalue weighted by Crippen LogP contribution is -2.09. The highest BCUT2D eigenvalue weighted by Gasteiger charge is 2.31. The van der Waals surface area contributed by atoms with Crippen LogP contribution in [0.5, 0.6) is 0 Å². The molecular weight excluding hydrogens is 255 g/mol. The molecule has 1 aromatic carbocycles. The minimum absolute atomic E-state index is 0.0204. The lowest BCUT2D eigenvalue weighted by atomic mass is 10.0. The van der Waals surface area contributed by atoms with Gasteiger partial charge in [0, 0.05) is 11.3 Å². The van der Waals surface area contributed by atoms with Crippen molar-refractivity contribution in [3.8, 4) is 0 Å². The van der Waals surface area contributed by atoms with Gasteiger partial charge in [-0.05, 0) is 31.2 Å². The number of aromatic nitrogens is 1. The molecule has 5 heteroatoms. The number of halogens is 3. The zero-order chi connectivity index (χ0) is 14.0. The second kappa shape index (κ2) is 4.84. The van der Waals surface area contributed by atoms with Crippen LogP contribution in [0, 0.1) is 6.92 Å². The van der Waals surface area contributed by atoms with Gasteiger partial charge in [0.15, 0.2) is 0 Å². The van der Waals surface area contributed by atoms with Crippen molar-refractivity contribution in [2.45, 2.75) is 13.1 Å². The van der Waals surface area contributed by atoms with E-state index in [1.807, 2.05) is 0 Å². The van der Waals surface area contributed by atoms with Crippen LogP contribution in [0.1, 0.15) is 27.3 Å². The zero-order valence-corrected chi connectivity index (χ0v) is 10.0. The van der Waals surface area contributed by atoms with E-state index in [9.17, 15) is 18.0 Å². The first-order valence-corrected chi connectivity index (χ1v) is 5.53. The predicted octanol–water partition coefficient (Wildman–Crippen LogP) is 3.64. The highest BCUT2D eigenvalue weighted by atomic mass is 19.4. The number of aryl methyl sites for hydroxylation is 1. The van der Waals surface area contributed by atoms with Gasteiger partial charge in [0.05, 0.1) is 5.56 Å². The lowest BCUT2D eigenvalue weighted by molar-refractivity contribution is -0.137. The Balaban J connectivity index is 2.40. The van der Waals surface area contributed by atoms with Crippen LogP contribution in [-0.2, 0) is 6.18 Å². The Morgan fingerprint density at radius 1 is 1.11 bits per heavy atom. The number of benzene rings is 1. The molecule has 1 aromatic heterocycles. The average Bonchev–Trinajstić information content (AvgIpc) is 2.37. The molecule has 0 aliphatic rings. The van der Waals surface area contributed by atoms with Crippen LogP contribution < -0.4 is 0 Å². The minimum Gasteiger partial charge on any atom is -0.287 e. The molecule has 2 aromatic rings. The monoisotopic (exact) mass is 265 g/mol. The summed E-state index contributed by atoms with van der Waals surface area (Å²) in [6.07, 6.45) is -4.46. The summed E-state index contributed by atoms with van der Waals surface area (Å²) in [4.78, 5) is 16.1. The van der Waals surface area contributed by atoms with Gasteiger partial charge in [-0.2, -0.15) is 13.2 Å². The largest absolute Gasteiger partial charge is 0.416 e. The van der Waals surface area contributed by atoms with Crippen molar-refractivity contribution in [3.05, 3.63) is 65.0 Å². The number of rotatable bonds is 2. The summed E-state index contributed by atoms with van der Waals surface area (Å²) in [5, 5.41) is 0. The van der Waals surface area contributed by atoms with E-state index in [-0.39, 0.29) is 11.3 Å². The lowest BCUT2D eigenvalue weighted by Gasteiger charge is -2.08. The van der Waals surface area contributed by atoms with Gasteiger partial charge in [-0.1, -0.05) is 18.2 Å². The van der Waals surface area contributed by atoms with E-state index in [4.69, 9.17) is 0 Å². The van der Waals surface area contributed by atoms with Crippen molar-refractivity contribution in [1.82, 2.24) is 4.98 Å². The summed E-state index contributed by atoms with van der Waals surface area (Å²) in [7, 11) is 0. The Labute approximate surface area is 107 Å². The number of nitrogens with zero attached hydrogens (tertiary/aromatic N) is 1. The highest BCUT2D eigenvalue weighted by Crippen LogP contribution is 2.29. The molecule has 0 radical (unpaired) electrons. The fourth-order valence-corrected chi connectivity index (χ4v) is 1.65.